The van der Waals surface area contributed by atoms with E-state index in [1.165, 1.54) is 11.3 Å². The summed E-state index contributed by atoms with van der Waals surface area (Å²) < 4.78 is 0. The summed E-state index contributed by atoms with van der Waals surface area (Å²) in [5.41, 5.74) is 9.37. The molecule has 1 aliphatic rings. The highest BCUT2D eigenvalue weighted by Gasteiger charge is 2.41. The zero-order chi connectivity index (χ0) is 20.1. The van der Waals surface area contributed by atoms with E-state index in [0.717, 1.165) is 21.6 Å². The minimum Gasteiger partial charge on any atom is -0.365 e. The summed E-state index contributed by atoms with van der Waals surface area (Å²) in [6.07, 6.45) is 0.681. The maximum absolute atomic E-state index is 12.8. The summed E-state index contributed by atoms with van der Waals surface area (Å²) in [5, 5.41) is 7.07. The maximum atomic E-state index is 12.8. The fourth-order valence-electron chi connectivity index (χ4n) is 3.93. The smallest absolute Gasteiger partial charge is 0.256 e. The lowest BCUT2D eigenvalue weighted by Gasteiger charge is -2.42. The van der Waals surface area contributed by atoms with Gasteiger partial charge in [0.25, 0.3) is 11.8 Å². The minimum absolute atomic E-state index is 0.170. The van der Waals surface area contributed by atoms with Crippen LogP contribution in [0.1, 0.15) is 70.0 Å². The molecule has 5 nitrogen and oxygen atoms in total. The molecule has 3 rings (SSSR count). The van der Waals surface area contributed by atoms with E-state index in [-0.39, 0.29) is 17.0 Å². The normalized spacial score (nSPS) is 17.3. The second-order valence-corrected chi connectivity index (χ2v) is 9.56. The molecule has 0 aliphatic carbocycles. The molecule has 6 heteroatoms. The second-order valence-electron chi connectivity index (χ2n) is 8.54. The number of amides is 2. The third kappa shape index (κ3) is 3.64. The fraction of sp³-hybridized carbons (Fsp3) is 0.429. The van der Waals surface area contributed by atoms with Crippen LogP contribution in [0.5, 0.6) is 0 Å². The first-order chi connectivity index (χ1) is 12.4. The Kier molecular flexibility index (Phi) is 4.68. The molecule has 2 aromatic rings. The third-order valence-electron chi connectivity index (χ3n) is 5.09. The van der Waals surface area contributed by atoms with Crippen LogP contribution in [0.4, 0.5) is 5.00 Å². The molecule has 0 spiro atoms. The van der Waals surface area contributed by atoms with Crippen molar-refractivity contribution in [2.24, 2.45) is 5.73 Å². The predicted molar refractivity (Wildman–Crippen MR) is 111 cm³/mol. The molecule has 4 N–H and O–H groups in total. The first-order valence-electron chi connectivity index (χ1n) is 9.05. The number of hydrogen-bond acceptors (Lipinski definition) is 4. The van der Waals surface area contributed by atoms with Gasteiger partial charge in [0.1, 0.15) is 5.00 Å². The van der Waals surface area contributed by atoms with Crippen molar-refractivity contribution in [2.75, 3.05) is 5.32 Å². The van der Waals surface area contributed by atoms with Gasteiger partial charge < -0.3 is 16.4 Å². The van der Waals surface area contributed by atoms with E-state index in [4.69, 9.17) is 5.73 Å². The number of carbonyl (C=O) groups excluding carboxylic acids is 2. The first kappa shape index (κ1) is 19.6. The molecule has 2 amide bonds. The van der Waals surface area contributed by atoms with E-state index in [0.29, 0.717) is 22.5 Å². The molecule has 1 aliphatic heterocycles. The van der Waals surface area contributed by atoms with Crippen molar-refractivity contribution in [1.82, 2.24) is 5.32 Å². The van der Waals surface area contributed by atoms with Gasteiger partial charge >= 0.3 is 0 Å². The molecule has 1 aromatic carbocycles. The van der Waals surface area contributed by atoms with Crippen molar-refractivity contribution in [3.63, 3.8) is 0 Å². The molecule has 2 heterocycles. The number of nitrogens with two attached hydrogens (primary N) is 1. The molecule has 0 radical (unpaired) electrons. The van der Waals surface area contributed by atoms with Gasteiger partial charge in [0, 0.05) is 21.5 Å². The molecule has 144 valence electrons. The zero-order valence-electron chi connectivity index (χ0n) is 16.7. The van der Waals surface area contributed by atoms with Crippen LogP contribution < -0.4 is 16.4 Å². The number of rotatable bonds is 3. The van der Waals surface area contributed by atoms with Crippen LogP contribution in [0, 0.1) is 13.8 Å². The number of aryl methyl sites for hydroxylation is 2. The highest BCUT2D eigenvalue weighted by Crippen LogP contribution is 2.45. The molecular weight excluding hydrogens is 358 g/mol. The van der Waals surface area contributed by atoms with Gasteiger partial charge in [0.15, 0.2) is 0 Å². The van der Waals surface area contributed by atoms with Crippen LogP contribution >= 0.6 is 11.3 Å². The number of anilines is 1. The van der Waals surface area contributed by atoms with Gasteiger partial charge in [-0.05, 0) is 76.8 Å². The number of primary amides is 1. The van der Waals surface area contributed by atoms with E-state index < -0.39 is 5.91 Å². The zero-order valence-corrected chi connectivity index (χ0v) is 17.6. The monoisotopic (exact) mass is 385 g/mol. The molecule has 0 atom stereocenters. The molecule has 27 heavy (non-hydrogen) atoms. The van der Waals surface area contributed by atoms with Crippen molar-refractivity contribution < 1.29 is 9.59 Å². The highest BCUT2D eigenvalue weighted by molar-refractivity contribution is 7.17. The largest absolute Gasteiger partial charge is 0.365 e. The summed E-state index contributed by atoms with van der Waals surface area (Å²) in [6, 6.07) is 5.58. The van der Waals surface area contributed by atoms with Crippen molar-refractivity contribution >= 4 is 28.2 Å². The molecule has 0 saturated carbocycles. The lowest BCUT2D eigenvalue weighted by molar-refractivity contribution is 0.0999. The van der Waals surface area contributed by atoms with Crippen LogP contribution in [-0.2, 0) is 12.0 Å². The number of fused-ring (bicyclic) bond motifs is 1. The quantitative estimate of drug-likeness (QED) is 0.750. The van der Waals surface area contributed by atoms with E-state index >= 15 is 0 Å². The number of hydrogen-bond donors (Lipinski definition) is 3. The van der Waals surface area contributed by atoms with E-state index in [1.54, 1.807) is 6.07 Å². The van der Waals surface area contributed by atoms with E-state index in [2.05, 4.69) is 38.3 Å². The van der Waals surface area contributed by atoms with Crippen molar-refractivity contribution in [3.8, 4) is 0 Å². The van der Waals surface area contributed by atoms with Gasteiger partial charge in [-0.15, -0.1) is 11.3 Å². The summed E-state index contributed by atoms with van der Waals surface area (Å²) in [5.74, 6) is -0.736. The molecule has 0 bridgehead atoms. The Morgan fingerprint density at radius 2 is 1.81 bits per heavy atom. The number of benzene rings is 1. The lowest BCUT2D eigenvalue weighted by Crippen LogP contribution is -2.55. The molecule has 0 unspecified atom stereocenters. The van der Waals surface area contributed by atoms with Crippen molar-refractivity contribution in [3.05, 3.63) is 50.9 Å². The predicted octanol–water partition coefficient (Wildman–Crippen LogP) is 3.88. The Bertz CT molecular complexity index is 941. The van der Waals surface area contributed by atoms with Crippen molar-refractivity contribution in [1.29, 1.82) is 0 Å². The Morgan fingerprint density at radius 3 is 2.41 bits per heavy atom. The summed E-state index contributed by atoms with van der Waals surface area (Å²) >= 11 is 1.43. The third-order valence-corrected chi connectivity index (χ3v) is 6.56. The van der Waals surface area contributed by atoms with Gasteiger partial charge in [-0.1, -0.05) is 6.07 Å². The summed E-state index contributed by atoms with van der Waals surface area (Å²) in [7, 11) is 0. The summed E-state index contributed by atoms with van der Waals surface area (Å²) in [4.78, 5) is 26.1. The Labute approximate surface area is 164 Å². The Morgan fingerprint density at radius 1 is 1.15 bits per heavy atom. The van der Waals surface area contributed by atoms with E-state index in [9.17, 15) is 9.59 Å². The molecular formula is C21H27N3O2S. The fourth-order valence-corrected chi connectivity index (χ4v) is 5.21. The minimum atomic E-state index is -0.503. The van der Waals surface area contributed by atoms with Gasteiger partial charge in [-0.3, -0.25) is 9.59 Å². The van der Waals surface area contributed by atoms with E-state index in [1.807, 2.05) is 26.0 Å². The van der Waals surface area contributed by atoms with Gasteiger partial charge in [0.05, 0.1) is 5.56 Å². The number of carbonyl (C=O) groups is 2. The highest BCUT2D eigenvalue weighted by atomic mass is 32.1. The van der Waals surface area contributed by atoms with Crippen LogP contribution in [-0.4, -0.2) is 17.4 Å². The first-order valence-corrected chi connectivity index (χ1v) is 9.87. The van der Waals surface area contributed by atoms with Crippen LogP contribution in [0.2, 0.25) is 0 Å². The standard InChI is InChI=1S/C21H27N3O2S/c1-11-7-8-13(9-12(11)2)18(26)23-19-15(17(22)25)14-10-20(3,4)24-21(5,6)16(14)27-19/h7-9,24H,10H2,1-6H3,(H2,22,25)(H,23,26). The number of nitrogens with one attached hydrogen (secondary N) is 2. The Balaban J connectivity index is 2.04. The average molecular weight is 386 g/mol. The van der Waals surface area contributed by atoms with Crippen LogP contribution in [0.3, 0.4) is 0 Å². The molecule has 1 aromatic heterocycles. The van der Waals surface area contributed by atoms with Crippen LogP contribution in [0.15, 0.2) is 18.2 Å². The average Bonchev–Trinajstić information content (AvgIpc) is 2.86. The second kappa shape index (κ2) is 6.46. The van der Waals surface area contributed by atoms with Gasteiger partial charge in [0.2, 0.25) is 0 Å². The van der Waals surface area contributed by atoms with Crippen LogP contribution in [0.25, 0.3) is 0 Å². The van der Waals surface area contributed by atoms with Gasteiger partial charge in [-0.2, -0.15) is 0 Å². The Hall–Kier alpha value is -2.18. The molecule has 0 fully saturated rings. The number of thiophene rings is 1. The summed E-state index contributed by atoms with van der Waals surface area (Å²) in [6.45, 7) is 12.4. The van der Waals surface area contributed by atoms with Crippen molar-refractivity contribution in [2.45, 2.75) is 59.0 Å². The topological polar surface area (TPSA) is 84.2 Å². The SMILES string of the molecule is Cc1ccc(C(=O)Nc2sc3c(c2C(N)=O)CC(C)(C)NC3(C)C)cc1C. The molecule has 0 saturated heterocycles. The maximum Gasteiger partial charge on any atom is 0.256 e. The lowest BCUT2D eigenvalue weighted by atomic mass is 9.81. The van der Waals surface area contributed by atoms with Gasteiger partial charge in [-0.25, -0.2) is 0 Å².